The Morgan fingerprint density at radius 2 is 1.70 bits per heavy atom. The second kappa shape index (κ2) is 8.11. The standard InChI is InChI=1S/C21H28N2O4/c1-15(22-18(24)16-7-5-6-8-16)19(25)23-13-11-21(12-14-23,20(26)27)17-9-3-2-4-10-17/h2-4,9-10,15-16H,5-8,11-14H2,1H3,(H,22,24)(H,26,27). The van der Waals surface area contributed by atoms with Crippen LogP contribution in [0.15, 0.2) is 30.3 Å². The van der Waals surface area contributed by atoms with Gasteiger partial charge in [-0.05, 0) is 38.2 Å². The second-order valence-electron chi connectivity index (χ2n) is 7.79. The smallest absolute Gasteiger partial charge is 0.314 e. The Bertz CT molecular complexity index is 689. The van der Waals surface area contributed by atoms with E-state index in [1.54, 1.807) is 11.8 Å². The Hall–Kier alpha value is -2.37. The Balaban J connectivity index is 1.61. The van der Waals surface area contributed by atoms with Gasteiger partial charge in [-0.15, -0.1) is 0 Å². The van der Waals surface area contributed by atoms with Crippen LogP contribution in [0.3, 0.4) is 0 Å². The predicted molar refractivity (Wildman–Crippen MR) is 101 cm³/mol. The average Bonchev–Trinajstić information content (AvgIpc) is 3.23. The third-order valence-corrected chi connectivity index (χ3v) is 6.12. The lowest BCUT2D eigenvalue weighted by atomic mass is 9.73. The summed E-state index contributed by atoms with van der Waals surface area (Å²) >= 11 is 0. The van der Waals surface area contributed by atoms with Crippen LogP contribution >= 0.6 is 0 Å². The molecular weight excluding hydrogens is 344 g/mol. The van der Waals surface area contributed by atoms with Gasteiger partial charge < -0.3 is 15.3 Å². The lowest BCUT2D eigenvalue weighted by molar-refractivity contribution is -0.148. The number of hydrogen-bond acceptors (Lipinski definition) is 3. The van der Waals surface area contributed by atoms with Crippen molar-refractivity contribution in [3.05, 3.63) is 35.9 Å². The van der Waals surface area contributed by atoms with Crippen molar-refractivity contribution in [2.45, 2.75) is 56.9 Å². The minimum atomic E-state index is -0.950. The van der Waals surface area contributed by atoms with Gasteiger partial charge in [0.1, 0.15) is 6.04 Å². The molecule has 2 fully saturated rings. The molecule has 1 aromatic rings. The largest absolute Gasteiger partial charge is 0.481 e. The first kappa shape index (κ1) is 19.4. The summed E-state index contributed by atoms with van der Waals surface area (Å²) in [4.78, 5) is 38.7. The van der Waals surface area contributed by atoms with Gasteiger partial charge in [-0.25, -0.2) is 0 Å². The molecule has 2 amide bonds. The van der Waals surface area contributed by atoms with E-state index in [-0.39, 0.29) is 17.7 Å². The first-order chi connectivity index (χ1) is 12.9. The molecule has 0 aromatic heterocycles. The monoisotopic (exact) mass is 372 g/mol. The number of carbonyl (C=O) groups is 3. The molecule has 1 saturated heterocycles. The molecule has 1 atom stereocenters. The molecule has 1 aliphatic carbocycles. The second-order valence-corrected chi connectivity index (χ2v) is 7.79. The van der Waals surface area contributed by atoms with E-state index in [0.717, 1.165) is 31.2 Å². The SMILES string of the molecule is CC(NC(=O)C1CCCC1)C(=O)N1CCC(C(=O)O)(c2ccccc2)CC1. The number of piperidine rings is 1. The van der Waals surface area contributed by atoms with Crippen molar-refractivity contribution in [3.63, 3.8) is 0 Å². The fourth-order valence-electron chi connectivity index (χ4n) is 4.35. The molecule has 0 radical (unpaired) electrons. The molecule has 2 aliphatic rings. The molecule has 1 saturated carbocycles. The van der Waals surface area contributed by atoms with Gasteiger partial charge in [-0.3, -0.25) is 14.4 Å². The normalized spacial score (nSPS) is 20.9. The maximum Gasteiger partial charge on any atom is 0.314 e. The number of likely N-dealkylation sites (tertiary alicyclic amines) is 1. The van der Waals surface area contributed by atoms with Gasteiger partial charge >= 0.3 is 5.97 Å². The third-order valence-electron chi connectivity index (χ3n) is 6.12. The van der Waals surface area contributed by atoms with Crippen LogP contribution in [0, 0.1) is 5.92 Å². The summed E-state index contributed by atoms with van der Waals surface area (Å²) in [6.07, 6.45) is 4.69. The van der Waals surface area contributed by atoms with Gasteiger partial charge in [-0.1, -0.05) is 43.2 Å². The lowest BCUT2D eigenvalue weighted by Gasteiger charge is -2.40. The fraction of sp³-hybridized carbons (Fsp3) is 0.571. The summed E-state index contributed by atoms with van der Waals surface area (Å²) in [5.41, 5.74) is -0.166. The minimum absolute atomic E-state index is 0.0272. The van der Waals surface area contributed by atoms with Crippen LogP contribution in [0.5, 0.6) is 0 Å². The number of rotatable bonds is 5. The number of aliphatic carboxylic acids is 1. The summed E-state index contributed by atoms with van der Waals surface area (Å²) in [6.45, 7) is 2.47. The number of carboxylic acids is 1. The van der Waals surface area contributed by atoms with Crippen LogP contribution in [-0.4, -0.2) is 46.9 Å². The minimum Gasteiger partial charge on any atom is -0.481 e. The van der Waals surface area contributed by atoms with Crippen molar-refractivity contribution in [1.82, 2.24) is 10.2 Å². The molecule has 1 aliphatic heterocycles. The van der Waals surface area contributed by atoms with Gasteiger partial charge in [-0.2, -0.15) is 0 Å². The van der Waals surface area contributed by atoms with Crippen LogP contribution in [0.1, 0.15) is 51.0 Å². The Morgan fingerprint density at radius 1 is 1.11 bits per heavy atom. The van der Waals surface area contributed by atoms with Crippen LogP contribution in [-0.2, 0) is 19.8 Å². The van der Waals surface area contributed by atoms with Crippen LogP contribution < -0.4 is 5.32 Å². The van der Waals surface area contributed by atoms with Crippen LogP contribution in [0.2, 0.25) is 0 Å². The highest BCUT2D eigenvalue weighted by Crippen LogP contribution is 2.36. The van der Waals surface area contributed by atoms with Crippen molar-refractivity contribution in [1.29, 1.82) is 0 Å². The molecule has 2 N–H and O–H groups in total. The van der Waals surface area contributed by atoms with Crippen molar-refractivity contribution < 1.29 is 19.5 Å². The molecule has 6 heteroatoms. The van der Waals surface area contributed by atoms with E-state index >= 15 is 0 Å². The summed E-state index contributed by atoms with van der Waals surface area (Å²) < 4.78 is 0. The number of benzene rings is 1. The quantitative estimate of drug-likeness (QED) is 0.830. The van der Waals surface area contributed by atoms with Gasteiger partial charge in [0.05, 0.1) is 5.41 Å². The van der Waals surface area contributed by atoms with Crippen molar-refractivity contribution in [2.24, 2.45) is 5.92 Å². The molecule has 3 rings (SSSR count). The predicted octanol–water partition coefficient (Wildman–Crippen LogP) is 2.33. The number of nitrogens with one attached hydrogen (secondary N) is 1. The lowest BCUT2D eigenvalue weighted by Crippen LogP contribution is -2.54. The highest BCUT2D eigenvalue weighted by molar-refractivity contribution is 5.89. The number of amides is 2. The molecule has 1 unspecified atom stereocenters. The van der Waals surface area contributed by atoms with Crippen molar-refractivity contribution in [2.75, 3.05) is 13.1 Å². The molecular formula is C21H28N2O4. The Kier molecular flexibility index (Phi) is 5.82. The first-order valence-electron chi connectivity index (χ1n) is 9.82. The van der Waals surface area contributed by atoms with Gasteiger partial charge in [0.2, 0.25) is 11.8 Å². The zero-order valence-electron chi connectivity index (χ0n) is 15.8. The Morgan fingerprint density at radius 3 is 2.26 bits per heavy atom. The van der Waals surface area contributed by atoms with Crippen molar-refractivity contribution >= 4 is 17.8 Å². The molecule has 1 heterocycles. The highest BCUT2D eigenvalue weighted by atomic mass is 16.4. The average molecular weight is 372 g/mol. The summed E-state index contributed by atoms with van der Waals surface area (Å²) in [5, 5.41) is 12.7. The maximum absolute atomic E-state index is 12.7. The molecule has 0 bridgehead atoms. The van der Waals surface area contributed by atoms with E-state index in [1.807, 2.05) is 30.3 Å². The van der Waals surface area contributed by atoms with E-state index in [1.165, 1.54) is 0 Å². The highest BCUT2D eigenvalue weighted by Gasteiger charge is 2.44. The summed E-state index contributed by atoms with van der Waals surface area (Å²) in [5.74, 6) is -0.981. The third kappa shape index (κ3) is 3.99. The van der Waals surface area contributed by atoms with Gasteiger partial charge in [0.15, 0.2) is 0 Å². The summed E-state index contributed by atoms with van der Waals surface area (Å²) in [7, 11) is 0. The number of carboxylic acid groups (broad SMARTS) is 1. The van der Waals surface area contributed by atoms with E-state index < -0.39 is 17.4 Å². The van der Waals surface area contributed by atoms with Gasteiger partial charge in [0.25, 0.3) is 0 Å². The van der Waals surface area contributed by atoms with E-state index in [2.05, 4.69) is 5.32 Å². The zero-order chi connectivity index (χ0) is 19.4. The molecule has 0 spiro atoms. The van der Waals surface area contributed by atoms with E-state index in [4.69, 9.17) is 0 Å². The Labute approximate surface area is 159 Å². The molecule has 27 heavy (non-hydrogen) atoms. The first-order valence-corrected chi connectivity index (χ1v) is 9.82. The summed E-state index contributed by atoms with van der Waals surface area (Å²) in [6, 6.07) is 8.67. The van der Waals surface area contributed by atoms with Gasteiger partial charge in [0, 0.05) is 19.0 Å². The number of nitrogens with zero attached hydrogens (tertiary/aromatic N) is 1. The molecule has 1 aromatic carbocycles. The maximum atomic E-state index is 12.7. The zero-order valence-corrected chi connectivity index (χ0v) is 15.8. The van der Waals surface area contributed by atoms with E-state index in [9.17, 15) is 19.5 Å². The van der Waals surface area contributed by atoms with E-state index in [0.29, 0.717) is 25.9 Å². The van der Waals surface area contributed by atoms with Crippen LogP contribution in [0.25, 0.3) is 0 Å². The van der Waals surface area contributed by atoms with Crippen LogP contribution in [0.4, 0.5) is 0 Å². The molecule has 6 nitrogen and oxygen atoms in total. The molecule has 146 valence electrons. The van der Waals surface area contributed by atoms with Crippen molar-refractivity contribution in [3.8, 4) is 0 Å². The number of hydrogen-bond donors (Lipinski definition) is 2. The number of carbonyl (C=O) groups excluding carboxylic acids is 2. The fourth-order valence-corrected chi connectivity index (χ4v) is 4.35. The topological polar surface area (TPSA) is 86.7 Å².